The molecule has 6 heteroatoms. The van der Waals surface area contributed by atoms with Gasteiger partial charge in [0.25, 0.3) is 0 Å². The van der Waals surface area contributed by atoms with Crippen LogP contribution in [-0.2, 0) is 9.53 Å². The molecule has 1 aromatic heterocycles. The van der Waals surface area contributed by atoms with Crippen LogP contribution in [0, 0.1) is 6.92 Å². The van der Waals surface area contributed by atoms with Crippen LogP contribution in [0.3, 0.4) is 0 Å². The quantitative estimate of drug-likeness (QED) is 0.772. The molecule has 3 N–H and O–H groups in total. The number of halogens is 1. The van der Waals surface area contributed by atoms with Gasteiger partial charge in [0.05, 0.1) is 12.1 Å². The van der Waals surface area contributed by atoms with Gasteiger partial charge in [0, 0.05) is 13.7 Å². The SMILES string of the molecule is CCCC(N)C(=O)NC(CCOC)c1ccc(C)o1.Cl. The number of carbonyl (C=O) groups is 1. The number of aryl methyl sites for hydroxylation is 1. The number of rotatable bonds is 8. The van der Waals surface area contributed by atoms with Crippen LogP contribution in [0.2, 0.25) is 0 Å². The third-order valence-corrected chi connectivity index (χ3v) is 2.97. The monoisotopic (exact) mass is 304 g/mol. The first kappa shape index (κ1) is 19.0. The summed E-state index contributed by atoms with van der Waals surface area (Å²) in [6, 6.07) is 3.10. The summed E-state index contributed by atoms with van der Waals surface area (Å²) in [5, 5.41) is 2.93. The maximum absolute atomic E-state index is 12.0. The van der Waals surface area contributed by atoms with Gasteiger partial charge < -0.3 is 20.2 Å². The van der Waals surface area contributed by atoms with E-state index in [0.29, 0.717) is 19.4 Å². The number of methoxy groups -OCH3 is 1. The second-order valence-corrected chi connectivity index (χ2v) is 4.69. The van der Waals surface area contributed by atoms with Gasteiger partial charge in [-0.3, -0.25) is 4.79 Å². The molecule has 0 saturated heterocycles. The van der Waals surface area contributed by atoms with Crippen LogP contribution < -0.4 is 11.1 Å². The van der Waals surface area contributed by atoms with E-state index >= 15 is 0 Å². The number of hydrogen-bond acceptors (Lipinski definition) is 4. The molecule has 0 fully saturated rings. The van der Waals surface area contributed by atoms with Gasteiger partial charge >= 0.3 is 0 Å². The van der Waals surface area contributed by atoms with Crippen molar-refractivity contribution >= 4 is 18.3 Å². The van der Waals surface area contributed by atoms with Gasteiger partial charge in [0.15, 0.2) is 0 Å². The summed E-state index contributed by atoms with van der Waals surface area (Å²) in [5.74, 6) is 1.42. The smallest absolute Gasteiger partial charge is 0.237 e. The van der Waals surface area contributed by atoms with Crippen molar-refractivity contribution in [2.45, 2.75) is 45.2 Å². The first-order valence-corrected chi connectivity index (χ1v) is 6.69. The van der Waals surface area contributed by atoms with E-state index in [0.717, 1.165) is 17.9 Å². The standard InChI is InChI=1S/C14H24N2O3.ClH/c1-4-5-11(15)14(17)16-12(8-9-18-3)13-7-6-10(2)19-13;/h6-7,11-12H,4-5,8-9,15H2,1-3H3,(H,16,17);1H. The fraction of sp³-hybridized carbons (Fsp3) is 0.643. The minimum atomic E-state index is -0.467. The highest BCUT2D eigenvalue weighted by Gasteiger charge is 2.20. The summed E-state index contributed by atoms with van der Waals surface area (Å²) in [4.78, 5) is 12.0. The van der Waals surface area contributed by atoms with Crippen molar-refractivity contribution in [1.29, 1.82) is 0 Å². The third-order valence-electron chi connectivity index (χ3n) is 2.97. The van der Waals surface area contributed by atoms with Crippen molar-refractivity contribution in [3.8, 4) is 0 Å². The average molecular weight is 305 g/mol. The Morgan fingerprint density at radius 3 is 2.65 bits per heavy atom. The Hall–Kier alpha value is -1.04. The summed E-state index contributed by atoms with van der Waals surface area (Å²) in [5.41, 5.74) is 5.81. The number of ether oxygens (including phenoxy) is 1. The maximum atomic E-state index is 12.0. The Morgan fingerprint density at radius 1 is 1.45 bits per heavy atom. The molecule has 0 spiro atoms. The fourth-order valence-corrected chi connectivity index (χ4v) is 1.88. The second-order valence-electron chi connectivity index (χ2n) is 4.69. The van der Waals surface area contributed by atoms with Crippen molar-refractivity contribution in [1.82, 2.24) is 5.32 Å². The van der Waals surface area contributed by atoms with Gasteiger partial charge in [-0.15, -0.1) is 12.4 Å². The zero-order valence-corrected chi connectivity index (χ0v) is 13.2. The van der Waals surface area contributed by atoms with E-state index in [2.05, 4.69) is 5.32 Å². The van der Waals surface area contributed by atoms with Gasteiger partial charge in [-0.2, -0.15) is 0 Å². The first-order chi connectivity index (χ1) is 9.08. The molecule has 5 nitrogen and oxygen atoms in total. The van der Waals surface area contributed by atoms with Gasteiger partial charge in [0.1, 0.15) is 11.5 Å². The molecule has 1 amide bonds. The molecule has 0 saturated carbocycles. The van der Waals surface area contributed by atoms with Gasteiger partial charge in [-0.1, -0.05) is 13.3 Å². The third kappa shape index (κ3) is 5.94. The normalized spacial score (nSPS) is 13.4. The fourth-order valence-electron chi connectivity index (χ4n) is 1.88. The molecule has 0 radical (unpaired) electrons. The summed E-state index contributed by atoms with van der Waals surface area (Å²) in [7, 11) is 1.63. The van der Waals surface area contributed by atoms with E-state index < -0.39 is 6.04 Å². The van der Waals surface area contributed by atoms with Crippen LogP contribution in [-0.4, -0.2) is 25.7 Å². The Bertz CT molecular complexity index is 396. The van der Waals surface area contributed by atoms with Crippen molar-refractivity contribution in [2.24, 2.45) is 5.73 Å². The molecule has 20 heavy (non-hydrogen) atoms. The Kier molecular flexibility index (Phi) is 9.29. The number of furan rings is 1. The van der Waals surface area contributed by atoms with Gasteiger partial charge in [-0.25, -0.2) is 0 Å². The summed E-state index contributed by atoms with van der Waals surface area (Å²) in [6.07, 6.45) is 2.23. The van der Waals surface area contributed by atoms with Gasteiger partial charge in [0.2, 0.25) is 5.91 Å². The van der Waals surface area contributed by atoms with E-state index in [-0.39, 0.29) is 24.4 Å². The zero-order chi connectivity index (χ0) is 14.3. The summed E-state index contributed by atoms with van der Waals surface area (Å²) >= 11 is 0. The molecule has 1 heterocycles. The maximum Gasteiger partial charge on any atom is 0.237 e. The zero-order valence-electron chi connectivity index (χ0n) is 12.3. The molecule has 0 aliphatic heterocycles. The minimum Gasteiger partial charge on any atom is -0.464 e. The number of amides is 1. The average Bonchev–Trinajstić information content (AvgIpc) is 2.81. The predicted molar refractivity (Wildman–Crippen MR) is 81.0 cm³/mol. The van der Waals surface area contributed by atoms with E-state index in [1.54, 1.807) is 7.11 Å². The van der Waals surface area contributed by atoms with E-state index in [4.69, 9.17) is 14.9 Å². The largest absolute Gasteiger partial charge is 0.464 e. The molecular formula is C14H25ClN2O3. The molecular weight excluding hydrogens is 280 g/mol. The highest BCUT2D eigenvalue weighted by molar-refractivity contribution is 5.85. The lowest BCUT2D eigenvalue weighted by Crippen LogP contribution is -2.42. The van der Waals surface area contributed by atoms with Crippen LogP contribution in [0.1, 0.15) is 43.7 Å². The number of hydrogen-bond donors (Lipinski definition) is 2. The molecule has 0 aromatic carbocycles. The van der Waals surface area contributed by atoms with Crippen molar-refractivity contribution < 1.29 is 13.9 Å². The lowest BCUT2D eigenvalue weighted by molar-refractivity contribution is -0.123. The molecule has 1 aromatic rings. The predicted octanol–water partition coefficient (Wildman–Crippen LogP) is 2.33. The highest BCUT2D eigenvalue weighted by Crippen LogP contribution is 2.19. The van der Waals surface area contributed by atoms with Crippen LogP contribution in [0.15, 0.2) is 16.5 Å². The summed E-state index contributed by atoms with van der Waals surface area (Å²) in [6.45, 7) is 4.43. The van der Waals surface area contributed by atoms with Crippen LogP contribution in [0.5, 0.6) is 0 Å². The van der Waals surface area contributed by atoms with Crippen molar-refractivity contribution in [3.63, 3.8) is 0 Å². The second kappa shape index (κ2) is 9.80. The lowest BCUT2D eigenvalue weighted by Gasteiger charge is -2.19. The van der Waals surface area contributed by atoms with E-state index in [9.17, 15) is 4.79 Å². The topological polar surface area (TPSA) is 77.5 Å². The van der Waals surface area contributed by atoms with Crippen molar-refractivity contribution in [2.75, 3.05) is 13.7 Å². The Morgan fingerprint density at radius 2 is 2.15 bits per heavy atom. The van der Waals surface area contributed by atoms with Crippen molar-refractivity contribution in [3.05, 3.63) is 23.7 Å². The van der Waals surface area contributed by atoms with Crippen LogP contribution >= 0.6 is 12.4 Å². The van der Waals surface area contributed by atoms with E-state index in [1.807, 2.05) is 26.0 Å². The Labute approximate surface area is 126 Å². The highest BCUT2D eigenvalue weighted by atomic mass is 35.5. The molecule has 0 bridgehead atoms. The lowest BCUT2D eigenvalue weighted by atomic mass is 10.1. The molecule has 2 atom stereocenters. The first-order valence-electron chi connectivity index (χ1n) is 6.69. The van der Waals surface area contributed by atoms with Gasteiger partial charge in [-0.05, 0) is 31.9 Å². The Balaban J connectivity index is 0.00000361. The van der Waals surface area contributed by atoms with E-state index in [1.165, 1.54) is 0 Å². The number of nitrogens with two attached hydrogens (primary N) is 1. The molecule has 1 rings (SSSR count). The summed E-state index contributed by atoms with van der Waals surface area (Å²) < 4.78 is 10.6. The van der Waals surface area contributed by atoms with Crippen LogP contribution in [0.4, 0.5) is 0 Å². The van der Waals surface area contributed by atoms with Crippen LogP contribution in [0.25, 0.3) is 0 Å². The molecule has 2 unspecified atom stereocenters. The molecule has 0 aliphatic carbocycles. The molecule has 116 valence electrons. The number of carbonyl (C=O) groups excluding carboxylic acids is 1. The number of nitrogens with one attached hydrogen (secondary N) is 1. The molecule has 0 aliphatic rings. The minimum absolute atomic E-state index is 0.